The normalized spacial score (nSPS) is 15.2. The summed E-state index contributed by atoms with van der Waals surface area (Å²) in [4.78, 5) is 56.0. The van der Waals surface area contributed by atoms with Crippen LogP contribution in [-0.2, 0) is 57.9 Å². The molecule has 6 N–H and O–H groups in total. The second kappa shape index (κ2) is 48.1. The second-order valence-electron chi connectivity index (χ2n) is 38.3. The number of rotatable bonds is 30. The number of halogens is 2. The molecule has 0 unspecified atom stereocenters. The number of methoxy groups -OCH3 is 4. The molecule has 17 rings (SSSR count). The topological polar surface area (TPSA) is 315 Å². The Bertz CT molecular complexity index is 6510. The van der Waals surface area contributed by atoms with Crippen molar-refractivity contribution in [2.24, 2.45) is 0 Å². The van der Waals surface area contributed by atoms with Crippen LogP contribution in [0.25, 0.3) is 0 Å². The van der Waals surface area contributed by atoms with E-state index in [1.54, 1.807) is 73.7 Å². The number of anilines is 12. The van der Waals surface area contributed by atoms with Crippen LogP contribution in [0.3, 0.4) is 0 Å². The van der Waals surface area contributed by atoms with Crippen molar-refractivity contribution >= 4 is 101 Å². The molecule has 0 radical (unpaired) electrons. The summed E-state index contributed by atoms with van der Waals surface area (Å²) >= 11 is 6.17. The van der Waals surface area contributed by atoms with Gasteiger partial charge in [-0.3, -0.25) is 0 Å². The van der Waals surface area contributed by atoms with E-state index in [-0.39, 0.29) is 24.2 Å². The predicted octanol–water partition coefficient (Wildman–Crippen LogP) is 17.0. The van der Waals surface area contributed by atoms with Crippen LogP contribution in [-0.4, -0.2) is 254 Å². The first-order valence-corrected chi connectivity index (χ1v) is 52.0. The Morgan fingerprint density at radius 2 is 0.831 bits per heavy atom. The van der Waals surface area contributed by atoms with E-state index in [9.17, 15) is 26.3 Å². The number of benzene rings is 8. The van der Waals surface area contributed by atoms with Crippen molar-refractivity contribution in [1.82, 2.24) is 64.2 Å². The molecule has 4 saturated heterocycles. The number of sulfone groups is 1. The van der Waals surface area contributed by atoms with Crippen molar-refractivity contribution in [3.8, 4) is 23.0 Å². The molecule has 0 spiro atoms. The average molecular weight is 1990 g/mol. The number of piperazine rings is 4. The van der Waals surface area contributed by atoms with Crippen molar-refractivity contribution in [3.05, 3.63) is 277 Å². The lowest BCUT2D eigenvalue weighted by Crippen LogP contribution is -2.44. The van der Waals surface area contributed by atoms with Crippen LogP contribution >= 0.6 is 11.6 Å². The van der Waals surface area contributed by atoms with Crippen LogP contribution in [0, 0.1) is 47.4 Å². The molecule has 0 bridgehead atoms. The minimum absolute atomic E-state index is 0.0160. The molecule has 12 aromatic rings. The molecule has 5 aliphatic rings. The zero-order valence-corrected chi connectivity index (χ0v) is 87.3. The summed E-state index contributed by atoms with van der Waals surface area (Å²) in [5, 5.41) is 23.6. The van der Waals surface area contributed by atoms with E-state index >= 15 is 0 Å². The van der Waals surface area contributed by atoms with Crippen molar-refractivity contribution < 1.29 is 45.3 Å². The summed E-state index contributed by atoms with van der Waals surface area (Å²) in [6, 6.07) is 53.2. The Kier molecular flexibility index (Phi) is 35.7. The van der Waals surface area contributed by atoms with Gasteiger partial charge < -0.3 is 84.5 Å². The number of aryl methyl sites for hydroxylation is 4. The second-order valence-corrected chi connectivity index (χ2v) is 43.1. The third-order valence-electron chi connectivity index (χ3n) is 26.9. The molecule has 8 heterocycles. The molecule has 142 heavy (non-hydrogen) atoms. The smallest absolute Gasteiger partial charge is 0.241 e. The number of nitrogens with zero attached hydrogens (tertiary/aromatic N) is 16. The lowest BCUT2D eigenvalue weighted by atomic mass is 9.94. The summed E-state index contributed by atoms with van der Waals surface area (Å²) in [5.74, 6) is 4.22. The van der Waals surface area contributed by atoms with E-state index in [0.29, 0.717) is 111 Å². The molecule has 5 fully saturated rings. The maximum Gasteiger partial charge on any atom is 0.241 e. The minimum Gasteiger partial charge on any atom is -0.495 e. The van der Waals surface area contributed by atoms with Crippen LogP contribution in [0.1, 0.15) is 130 Å². The molecular weight excluding hydrogens is 1850 g/mol. The molecule has 0 atom stereocenters. The van der Waals surface area contributed by atoms with Crippen molar-refractivity contribution in [1.29, 1.82) is 0 Å². The molecule has 8 aromatic carbocycles. The summed E-state index contributed by atoms with van der Waals surface area (Å²) in [5.41, 5.74) is 22.0. The standard InChI is InChI=1S/C28H35FN6O2S.C28H37N5O3S.C27H35N5O3.C25H30ClN5O/c1-19-7-8-21(16-27(19)38(36,37)33-22-5-4-6-22)15-25-20(2)18-30-28(32-25)31-23-9-10-26(24(29)17-23)35-13-11-34(3)12-14-35;1-28(2,3)37(35,36)20-22-7-5-6-21(16-22)17-26-23(19-34)18-29-27(31-26)30-24-8-10-25(11-9-24)33-14-12-32(4)13-15-33;1-18-19(2)28-27(29-21-7-9-22(10-8-21)32-13-11-31(3)12-14-32)30-23(18)15-20-16-24(33-4)26(35-6)25(17-20)34-5;1-17-18(2)27-25(29-23(17)15-19-5-10-22(26)24(16-19)32-4)28-20-6-8-21(9-7-20)31-13-11-30(3)12-14-31/h7-10,16-18,22,33H,4-6,11-15H2,1-3H3,(H,30,31,32);5-11,16,18,34H,12-15,17,19-20H2,1-4H3,(H,29,30,31);7-10,16-17H,11-15H2,1-6H3,(H,28,29,30);5-10,16H,11-15H2,1-4H3,(H,27,28,29). The lowest BCUT2D eigenvalue weighted by Gasteiger charge is -2.34. The largest absolute Gasteiger partial charge is 0.495 e. The van der Waals surface area contributed by atoms with Gasteiger partial charge in [-0.2, -0.15) is 0 Å². The summed E-state index contributed by atoms with van der Waals surface area (Å²) in [6.07, 6.45) is 8.39. The van der Waals surface area contributed by atoms with E-state index < -0.39 is 24.6 Å². The number of hydrogen-bond acceptors (Lipinski definition) is 29. The number of likely N-dealkylation sites (N-methyl/N-ethyl adjacent to an activating group) is 4. The van der Waals surface area contributed by atoms with Gasteiger partial charge in [0.15, 0.2) is 21.3 Å². The zero-order valence-electron chi connectivity index (χ0n) is 84.9. The number of ether oxygens (including phenoxy) is 4. The van der Waals surface area contributed by atoms with E-state index in [1.165, 1.54) is 23.1 Å². The Balaban J connectivity index is 0.000000151. The summed E-state index contributed by atoms with van der Waals surface area (Å²) in [7, 11) is 8.17. The van der Waals surface area contributed by atoms with Gasteiger partial charge in [-0.05, 0) is 275 Å². The third kappa shape index (κ3) is 28.1. The Hall–Kier alpha value is -12.4. The highest BCUT2D eigenvalue weighted by Crippen LogP contribution is 2.40. The highest BCUT2D eigenvalue weighted by atomic mass is 35.5. The molecular formula is C108H137ClFN21O9S2. The molecule has 1 aliphatic carbocycles. The molecule has 30 nitrogen and oxygen atoms in total. The number of aliphatic hydroxyl groups excluding tert-OH is 1. The van der Waals surface area contributed by atoms with Gasteiger partial charge in [0.1, 0.15) is 11.6 Å². The fraction of sp³-hybridized carbons (Fsp3) is 0.407. The quantitative estimate of drug-likeness (QED) is 0.0244. The summed E-state index contributed by atoms with van der Waals surface area (Å²) < 4.78 is 90.1. The first-order valence-electron chi connectivity index (χ1n) is 48.5. The molecule has 0 amide bonds. The molecule has 754 valence electrons. The molecule has 1 saturated carbocycles. The van der Waals surface area contributed by atoms with Gasteiger partial charge in [0, 0.05) is 206 Å². The molecule has 4 aliphatic heterocycles. The molecule has 4 aromatic heterocycles. The fourth-order valence-electron chi connectivity index (χ4n) is 17.1. The number of aliphatic hydroxyl groups is 1. The maximum absolute atomic E-state index is 14.9. The van der Waals surface area contributed by atoms with Crippen molar-refractivity contribution in [2.75, 3.05) is 202 Å². The van der Waals surface area contributed by atoms with Crippen LogP contribution in [0.15, 0.2) is 181 Å². The summed E-state index contributed by atoms with van der Waals surface area (Å²) in [6.45, 7) is 33.0. The van der Waals surface area contributed by atoms with E-state index in [1.807, 2.05) is 113 Å². The van der Waals surface area contributed by atoms with Crippen LogP contribution in [0.4, 0.5) is 73.7 Å². The van der Waals surface area contributed by atoms with E-state index in [4.69, 9.17) is 40.5 Å². The predicted molar refractivity (Wildman–Crippen MR) is 569 cm³/mol. The van der Waals surface area contributed by atoms with Gasteiger partial charge in [-0.1, -0.05) is 60.5 Å². The Morgan fingerprint density at radius 1 is 0.423 bits per heavy atom. The van der Waals surface area contributed by atoms with Gasteiger partial charge in [-0.25, -0.2) is 65.8 Å². The Labute approximate surface area is 842 Å². The van der Waals surface area contributed by atoms with Gasteiger partial charge >= 0.3 is 0 Å². The minimum atomic E-state index is -3.58. The average Bonchev–Trinajstić information content (AvgIpc) is 0.821. The van der Waals surface area contributed by atoms with Gasteiger partial charge in [0.25, 0.3) is 0 Å². The first kappa shape index (κ1) is 105. The van der Waals surface area contributed by atoms with E-state index in [0.717, 1.165) is 214 Å². The third-order valence-corrected chi connectivity index (χ3v) is 31.4. The highest BCUT2D eigenvalue weighted by Gasteiger charge is 2.31. The van der Waals surface area contributed by atoms with E-state index in [2.05, 4.69) is 198 Å². The number of hydrogen-bond donors (Lipinski definition) is 6. The molecule has 34 heteroatoms. The van der Waals surface area contributed by atoms with Crippen LogP contribution in [0.2, 0.25) is 5.02 Å². The lowest BCUT2D eigenvalue weighted by molar-refractivity contribution is 0.279. The highest BCUT2D eigenvalue weighted by molar-refractivity contribution is 7.92. The van der Waals surface area contributed by atoms with Crippen LogP contribution in [0.5, 0.6) is 23.0 Å². The van der Waals surface area contributed by atoms with Gasteiger partial charge in [0.05, 0.1) is 83.9 Å². The fourth-order valence-corrected chi connectivity index (χ4v) is 20.0. The van der Waals surface area contributed by atoms with Crippen LogP contribution < -0.4 is 64.5 Å². The monoisotopic (exact) mass is 1990 g/mol. The zero-order chi connectivity index (χ0) is 101. The van der Waals surface area contributed by atoms with Crippen molar-refractivity contribution in [3.63, 3.8) is 0 Å². The van der Waals surface area contributed by atoms with Gasteiger partial charge in [0.2, 0.25) is 39.6 Å². The van der Waals surface area contributed by atoms with Crippen molar-refractivity contribution in [2.45, 2.75) is 135 Å². The van der Waals surface area contributed by atoms with Gasteiger partial charge in [-0.15, -0.1) is 0 Å². The number of aromatic nitrogens is 8. The number of nitrogens with one attached hydrogen (secondary N) is 5. The SMILES string of the molecule is CN1CCN(c2ccc(Nc3ncc(CO)c(Cc4cccc(CS(=O)(=O)C(C)(C)C)c4)n3)cc2)CC1.COc1cc(Cc2nc(Nc3ccc(N4CCN(C)CC4)cc3)nc(C)c2C)cc(OC)c1OC.COc1cc(Cc2nc(Nc3ccc(N4CCN(C)CC4)cc3)nc(C)c2C)ccc1Cl.Cc1ccc(Cc2nc(Nc3ccc(N4CCN(C)CC4)c(F)c3)ncc2C)cc1S(=O)(=O)NC1CCC1. The first-order chi connectivity index (χ1) is 68.0. The maximum atomic E-state index is 14.9. The number of sulfonamides is 1. The Morgan fingerprint density at radius 3 is 1.30 bits per heavy atom.